The summed E-state index contributed by atoms with van der Waals surface area (Å²) in [6.45, 7) is 0. The number of nitrogens with zero attached hydrogens (tertiary/aromatic N) is 3. The first-order chi connectivity index (χ1) is 12.8. The maximum atomic E-state index is 5.58. The highest BCUT2D eigenvalue weighted by molar-refractivity contribution is 5.73. The maximum absolute atomic E-state index is 5.58. The molecule has 2 heterocycles. The first-order valence-corrected chi connectivity index (χ1v) is 8.17. The molecular formula is C20H18N4O2. The van der Waals surface area contributed by atoms with Crippen molar-refractivity contribution in [2.45, 2.75) is 0 Å². The number of rotatable bonds is 5. The van der Waals surface area contributed by atoms with E-state index in [1.165, 1.54) is 0 Å². The van der Waals surface area contributed by atoms with Gasteiger partial charge in [0.1, 0.15) is 11.5 Å². The first-order valence-electron chi connectivity index (χ1n) is 8.17. The highest BCUT2D eigenvalue weighted by atomic mass is 16.5. The Labute approximate surface area is 151 Å². The van der Waals surface area contributed by atoms with Gasteiger partial charge in [0, 0.05) is 18.0 Å². The molecule has 130 valence electrons. The fraction of sp³-hybridized carbons (Fsp3) is 0.100. The van der Waals surface area contributed by atoms with Crippen LogP contribution < -0.4 is 9.47 Å². The summed E-state index contributed by atoms with van der Waals surface area (Å²) < 4.78 is 13.2. The van der Waals surface area contributed by atoms with E-state index < -0.39 is 0 Å². The van der Waals surface area contributed by atoms with E-state index in [1.807, 2.05) is 59.3 Å². The van der Waals surface area contributed by atoms with Crippen molar-refractivity contribution >= 4 is 0 Å². The van der Waals surface area contributed by atoms with Crippen LogP contribution in [0.2, 0.25) is 0 Å². The molecule has 0 saturated carbocycles. The first kappa shape index (κ1) is 16.0. The van der Waals surface area contributed by atoms with Gasteiger partial charge in [-0.05, 0) is 24.3 Å². The fourth-order valence-corrected chi connectivity index (χ4v) is 3.01. The second-order valence-electron chi connectivity index (χ2n) is 5.61. The van der Waals surface area contributed by atoms with E-state index in [0.29, 0.717) is 11.6 Å². The maximum Gasteiger partial charge on any atom is 0.181 e. The summed E-state index contributed by atoms with van der Waals surface area (Å²) in [5, 5.41) is 0. The predicted molar refractivity (Wildman–Crippen MR) is 99.7 cm³/mol. The lowest BCUT2D eigenvalue weighted by Gasteiger charge is -2.16. The van der Waals surface area contributed by atoms with Crippen LogP contribution in [0.4, 0.5) is 0 Å². The number of methoxy groups -OCH3 is 2. The number of ether oxygens (including phenoxy) is 2. The molecule has 0 bridgehead atoms. The van der Waals surface area contributed by atoms with Gasteiger partial charge in [-0.1, -0.05) is 24.3 Å². The standard InChI is InChI=1S/C20H18N4O2/c1-25-17-9-5-3-7-14(17)16-13-23-20(19-21-11-12-22-19)24(16)15-8-4-6-10-18(15)26-2/h3-13H,1-2H3,(H,21,22). The lowest BCUT2D eigenvalue weighted by atomic mass is 10.1. The van der Waals surface area contributed by atoms with E-state index in [1.54, 1.807) is 26.6 Å². The molecule has 0 unspecified atom stereocenters. The molecule has 6 nitrogen and oxygen atoms in total. The van der Waals surface area contributed by atoms with Crippen molar-refractivity contribution in [1.82, 2.24) is 19.5 Å². The lowest BCUT2D eigenvalue weighted by molar-refractivity contribution is 0.412. The van der Waals surface area contributed by atoms with Gasteiger partial charge in [-0.3, -0.25) is 4.57 Å². The van der Waals surface area contributed by atoms with E-state index in [4.69, 9.17) is 9.47 Å². The number of nitrogens with one attached hydrogen (secondary N) is 1. The Kier molecular flexibility index (Phi) is 4.15. The van der Waals surface area contributed by atoms with Gasteiger partial charge in [0.05, 0.1) is 31.8 Å². The highest BCUT2D eigenvalue weighted by Crippen LogP contribution is 2.36. The van der Waals surface area contributed by atoms with E-state index >= 15 is 0 Å². The minimum atomic E-state index is 0.678. The van der Waals surface area contributed by atoms with E-state index in [-0.39, 0.29) is 0 Å². The number of aromatic amines is 1. The van der Waals surface area contributed by atoms with Crippen molar-refractivity contribution in [2.24, 2.45) is 0 Å². The van der Waals surface area contributed by atoms with Crippen molar-refractivity contribution in [1.29, 1.82) is 0 Å². The van der Waals surface area contributed by atoms with Crippen LogP contribution in [0.15, 0.2) is 67.1 Å². The predicted octanol–water partition coefficient (Wildman–Crippen LogP) is 3.95. The summed E-state index contributed by atoms with van der Waals surface area (Å²) in [5.41, 5.74) is 2.70. The minimum absolute atomic E-state index is 0.678. The topological polar surface area (TPSA) is 65.0 Å². The molecule has 0 aliphatic heterocycles. The van der Waals surface area contributed by atoms with Crippen LogP contribution in [0.5, 0.6) is 11.5 Å². The average Bonchev–Trinajstić information content (AvgIpc) is 3.37. The summed E-state index contributed by atoms with van der Waals surface area (Å²) in [6.07, 6.45) is 5.31. The number of benzene rings is 2. The quantitative estimate of drug-likeness (QED) is 0.594. The molecule has 0 fully saturated rings. The molecule has 0 aliphatic carbocycles. The lowest BCUT2D eigenvalue weighted by Crippen LogP contribution is -2.03. The molecular weight excluding hydrogens is 328 g/mol. The number of imidazole rings is 2. The number of aromatic nitrogens is 4. The van der Waals surface area contributed by atoms with Gasteiger partial charge in [0.15, 0.2) is 11.6 Å². The molecule has 2 aromatic heterocycles. The van der Waals surface area contributed by atoms with Gasteiger partial charge in [-0.25, -0.2) is 9.97 Å². The van der Waals surface area contributed by atoms with Crippen LogP contribution in [0.3, 0.4) is 0 Å². The molecule has 0 saturated heterocycles. The van der Waals surface area contributed by atoms with Crippen molar-refractivity contribution in [3.8, 4) is 40.1 Å². The Bertz CT molecular complexity index is 1020. The largest absolute Gasteiger partial charge is 0.496 e. The van der Waals surface area contributed by atoms with Crippen LogP contribution in [-0.2, 0) is 0 Å². The average molecular weight is 346 g/mol. The third kappa shape index (κ3) is 2.61. The number of para-hydroxylation sites is 3. The Morgan fingerprint density at radius 1 is 0.885 bits per heavy atom. The van der Waals surface area contributed by atoms with Crippen molar-refractivity contribution in [3.63, 3.8) is 0 Å². The van der Waals surface area contributed by atoms with E-state index in [9.17, 15) is 0 Å². The van der Waals surface area contributed by atoms with Crippen LogP contribution in [0, 0.1) is 0 Å². The van der Waals surface area contributed by atoms with E-state index in [0.717, 1.165) is 28.4 Å². The summed E-state index contributed by atoms with van der Waals surface area (Å²) in [7, 11) is 3.32. The van der Waals surface area contributed by atoms with E-state index in [2.05, 4.69) is 15.0 Å². The molecule has 6 heteroatoms. The Balaban J connectivity index is 2.02. The minimum Gasteiger partial charge on any atom is -0.496 e. The number of H-pyrrole nitrogens is 1. The Morgan fingerprint density at radius 2 is 1.62 bits per heavy atom. The zero-order chi connectivity index (χ0) is 17.9. The molecule has 0 amide bonds. The summed E-state index contributed by atoms with van der Waals surface area (Å²) >= 11 is 0. The second-order valence-corrected chi connectivity index (χ2v) is 5.61. The molecule has 1 N–H and O–H groups in total. The SMILES string of the molecule is COc1ccccc1-c1cnc(-c2ncc[nH]2)n1-c1ccccc1OC. The third-order valence-corrected chi connectivity index (χ3v) is 4.18. The number of hydrogen-bond acceptors (Lipinski definition) is 4. The molecule has 4 rings (SSSR count). The molecule has 0 radical (unpaired) electrons. The summed E-state index contributed by atoms with van der Waals surface area (Å²) in [5.74, 6) is 2.89. The van der Waals surface area contributed by atoms with Gasteiger partial charge < -0.3 is 14.5 Å². The monoisotopic (exact) mass is 346 g/mol. The molecule has 0 aliphatic rings. The molecule has 26 heavy (non-hydrogen) atoms. The van der Waals surface area contributed by atoms with Gasteiger partial charge in [-0.2, -0.15) is 0 Å². The zero-order valence-electron chi connectivity index (χ0n) is 14.5. The van der Waals surface area contributed by atoms with Gasteiger partial charge >= 0.3 is 0 Å². The molecule has 2 aromatic carbocycles. The van der Waals surface area contributed by atoms with Gasteiger partial charge in [0.25, 0.3) is 0 Å². The third-order valence-electron chi connectivity index (χ3n) is 4.18. The second kappa shape index (κ2) is 6.76. The Hall–Kier alpha value is -3.54. The van der Waals surface area contributed by atoms with Crippen molar-refractivity contribution < 1.29 is 9.47 Å². The summed E-state index contributed by atoms with van der Waals surface area (Å²) in [6, 6.07) is 15.7. The van der Waals surface area contributed by atoms with Gasteiger partial charge in [-0.15, -0.1) is 0 Å². The number of hydrogen-bond donors (Lipinski definition) is 1. The fourth-order valence-electron chi connectivity index (χ4n) is 3.01. The smallest absolute Gasteiger partial charge is 0.181 e. The van der Waals surface area contributed by atoms with Crippen LogP contribution in [-0.4, -0.2) is 33.7 Å². The van der Waals surface area contributed by atoms with Crippen LogP contribution in [0.1, 0.15) is 0 Å². The normalized spacial score (nSPS) is 10.7. The van der Waals surface area contributed by atoms with Crippen LogP contribution >= 0.6 is 0 Å². The Morgan fingerprint density at radius 3 is 2.35 bits per heavy atom. The van der Waals surface area contributed by atoms with Gasteiger partial charge in [0.2, 0.25) is 0 Å². The molecule has 0 spiro atoms. The molecule has 4 aromatic rings. The van der Waals surface area contributed by atoms with Crippen LogP contribution in [0.25, 0.3) is 28.6 Å². The zero-order valence-corrected chi connectivity index (χ0v) is 14.5. The summed E-state index contributed by atoms with van der Waals surface area (Å²) in [4.78, 5) is 12.1. The van der Waals surface area contributed by atoms with Crippen molar-refractivity contribution in [2.75, 3.05) is 14.2 Å². The highest BCUT2D eigenvalue weighted by Gasteiger charge is 2.20. The molecule has 0 atom stereocenters. The van der Waals surface area contributed by atoms with Crippen molar-refractivity contribution in [3.05, 3.63) is 67.1 Å².